The van der Waals surface area contributed by atoms with Gasteiger partial charge in [-0.3, -0.25) is 4.79 Å². The van der Waals surface area contributed by atoms with E-state index < -0.39 is 0 Å². The first kappa shape index (κ1) is 13.3. The number of ketones is 1. The van der Waals surface area contributed by atoms with E-state index in [9.17, 15) is 4.79 Å². The zero-order valence-corrected chi connectivity index (χ0v) is 12.7. The van der Waals surface area contributed by atoms with Crippen molar-refractivity contribution in [2.75, 3.05) is 0 Å². The van der Waals surface area contributed by atoms with Gasteiger partial charge in [0.2, 0.25) is 0 Å². The smallest absolute Gasteiger partial charge is 0.174 e. The average molecular weight is 315 g/mol. The highest BCUT2D eigenvalue weighted by Gasteiger charge is 2.19. The van der Waals surface area contributed by atoms with Crippen LogP contribution >= 0.6 is 27.3 Å². The first-order valence-corrected chi connectivity index (χ1v) is 8.07. The van der Waals surface area contributed by atoms with Crippen LogP contribution in [0.3, 0.4) is 0 Å². The largest absolute Gasteiger partial charge is 0.293 e. The van der Waals surface area contributed by atoms with Gasteiger partial charge in [0.1, 0.15) is 0 Å². The quantitative estimate of drug-likeness (QED) is 0.542. The zero-order valence-electron chi connectivity index (χ0n) is 10.3. The normalized spacial score (nSPS) is 18.0. The van der Waals surface area contributed by atoms with E-state index in [4.69, 9.17) is 0 Å². The molecule has 17 heavy (non-hydrogen) atoms. The van der Waals surface area contributed by atoms with Crippen LogP contribution in [0.5, 0.6) is 0 Å². The number of thiophene rings is 1. The molecular formula is C14H19BrOS. The minimum absolute atomic E-state index is 0.335. The molecule has 1 saturated carbocycles. The Labute approximate surface area is 116 Å². The zero-order chi connectivity index (χ0) is 12.3. The maximum atomic E-state index is 12.2. The fourth-order valence-electron chi connectivity index (χ4n) is 2.60. The van der Waals surface area contributed by atoms with E-state index >= 15 is 0 Å². The van der Waals surface area contributed by atoms with Crippen molar-refractivity contribution in [3.8, 4) is 0 Å². The third-order valence-electron chi connectivity index (χ3n) is 3.51. The Morgan fingerprint density at radius 1 is 1.35 bits per heavy atom. The van der Waals surface area contributed by atoms with Crippen LogP contribution in [0.25, 0.3) is 0 Å². The van der Waals surface area contributed by atoms with Crippen molar-refractivity contribution in [1.29, 1.82) is 0 Å². The Kier molecular flexibility index (Phi) is 4.80. The van der Waals surface area contributed by atoms with Crippen LogP contribution in [0.4, 0.5) is 0 Å². The second-order valence-electron chi connectivity index (χ2n) is 5.02. The third-order valence-corrected chi connectivity index (χ3v) is 5.49. The summed E-state index contributed by atoms with van der Waals surface area (Å²) in [5.74, 6) is 0.959. The van der Waals surface area contributed by atoms with Gasteiger partial charge in [-0.05, 0) is 34.8 Å². The Bertz CT molecular complexity index is 389. The lowest BCUT2D eigenvalue weighted by atomic mass is 9.94. The lowest BCUT2D eigenvalue weighted by Gasteiger charge is -2.12. The van der Waals surface area contributed by atoms with Gasteiger partial charge in [-0.2, -0.15) is 0 Å². The second kappa shape index (κ2) is 6.14. The number of rotatable bonds is 3. The highest BCUT2D eigenvalue weighted by Crippen LogP contribution is 2.31. The van der Waals surface area contributed by atoms with Gasteiger partial charge in [0, 0.05) is 15.8 Å². The van der Waals surface area contributed by atoms with Gasteiger partial charge in [-0.1, -0.05) is 38.5 Å². The monoisotopic (exact) mass is 314 g/mol. The van der Waals surface area contributed by atoms with Gasteiger partial charge in [0.25, 0.3) is 0 Å². The van der Waals surface area contributed by atoms with Crippen molar-refractivity contribution < 1.29 is 4.79 Å². The van der Waals surface area contributed by atoms with E-state index in [0.29, 0.717) is 11.7 Å². The van der Waals surface area contributed by atoms with Gasteiger partial charge >= 0.3 is 0 Å². The van der Waals surface area contributed by atoms with E-state index in [0.717, 1.165) is 15.8 Å². The number of hydrogen-bond acceptors (Lipinski definition) is 2. The van der Waals surface area contributed by atoms with Crippen molar-refractivity contribution in [3.05, 3.63) is 20.3 Å². The van der Waals surface area contributed by atoms with Gasteiger partial charge in [-0.15, -0.1) is 11.3 Å². The minimum Gasteiger partial charge on any atom is -0.293 e. The van der Waals surface area contributed by atoms with Crippen LogP contribution in [-0.4, -0.2) is 5.78 Å². The number of halogens is 1. The fourth-order valence-corrected chi connectivity index (χ4v) is 4.41. The predicted molar refractivity (Wildman–Crippen MR) is 76.9 cm³/mol. The molecule has 0 unspecified atom stereocenters. The summed E-state index contributed by atoms with van der Waals surface area (Å²) in [7, 11) is 0. The van der Waals surface area contributed by atoms with E-state index in [1.807, 2.05) is 6.07 Å². The summed E-state index contributed by atoms with van der Waals surface area (Å²) in [4.78, 5) is 14.4. The first-order valence-electron chi connectivity index (χ1n) is 6.46. The van der Waals surface area contributed by atoms with Crippen LogP contribution in [0.15, 0.2) is 10.5 Å². The standard InChI is InChI=1S/C14H19BrOS/c1-10-8-12(15)14(17-10)13(16)9-11-6-4-2-3-5-7-11/h8,11H,2-7,9H2,1H3. The maximum absolute atomic E-state index is 12.2. The number of carbonyl (C=O) groups is 1. The molecule has 3 heteroatoms. The van der Waals surface area contributed by atoms with Gasteiger partial charge in [-0.25, -0.2) is 0 Å². The maximum Gasteiger partial charge on any atom is 0.174 e. The molecule has 0 spiro atoms. The number of Topliss-reactive ketones (excluding diaryl/α,β-unsaturated/α-hetero) is 1. The molecule has 0 bridgehead atoms. The molecule has 1 heterocycles. The summed E-state index contributed by atoms with van der Waals surface area (Å²) in [6.07, 6.45) is 8.56. The van der Waals surface area contributed by atoms with Gasteiger partial charge < -0.3 is 0 Å². The molecule has 1 aromatic heterocycles. The molecule has 1 nitrogen and oxygen atoms in total. The molecule has 0 saturated heterocycles. The molecule has 1 aromatic rings. The lowest BCUT2D eigenvalue weighted by molar-refractivity contribution is 0.0960. The summed E-state index contributed by atoms with van der Waals surface area (Å²) in [6, 6.07) is 2.05. The summed E-state index contributed by atoms with van der Waals surface area (Å²) in [6.45, 7) is 2.05. The SMILES string of the molecule is Cc1cc(Br)c(C(=O)CC2CCCCCC2)s1. The Balaban J connectivity index is 1.98. The molecule has 1 fully saturated rings. The summed E-state index contributed by atoms with van der Waals surface area (Å²) >= 11 is 5.11. The highest BCUT2D eigenvalue weighted by atomic mass is 79.9. The van der Waals surface area contributed by atoms with Crippen molar-refractivity contribution in [2.24, 2.45) is 5.92 Å². The number of carbonyl (C=O) groups excluding carboxylic acids is 1. The van der Waals surface area contributed by atoms with Crippen LogP contribution in [0, 0.1) is 12.8 Å². The van der Waals surface area contributed by atoms with E-state index in [-0.39, 0.29) is 0 Å². The highest BCUT2D eigenvalue weighted by molar-refractivity contribution is 9.10. The van der Waals surface area contributed by atoms with E-state index in [1.54, 1.807) is 11.3 Å². The van der Waals surface area contributed by atoms with Crippen molar-refractivity contribution in [2.45, 2.75) is 51.9 Å². The number of hydrogen-bond donors (Lipinski definition) is 0. The number of aryl methyl sites for hydroxylation is 1. The summed E-state index contributed by atoms with van der Waals surface area (Å²) < 4.78 is 0.985. The molecule has 94 valence electrons. The fraction of sp³-hybridized carbons (Fsp3) is 0.643. The van der Waals surface area contributed by atoms with Crippen LogP contribution in [-0.2, 0) is 0 Å². The van der Waals surface area contributed by atoms with Crippen LogP contribution < -0.4 is 0 Å². The van der Waals surface area contributed by atoms with Crippen molar-refractivity contribution >= 4 is 33.0 Å². The van der Waals surface area contributed by atoms with Crippen LogP contribution in [0.2, 0.25) is 0 Å². The van der Waals surface area contributed by atoms with E-state index in [2.05, 4.69) is 22.9 Å². The molecule has 0 atom stereocenters. The molecule has 0 radical (unpaired) electrons. The molecule has 0 N–H and O–H groups in total. The van der Waals surface area contributed by atoms with Gasteiger partial charge in [0.15, 0.2) is 5.78 Å². The van der Waals surface area contributed by atoms with E-state index in [1.165, 1.54) is 43.4 Å². The topological polar surface area (TPSA) is 17.1 Å². The Morgan fingerprint density at radius 2 is 2.00 bits per heavy atom. The molecule has 0 amide bonds. The average Bonchev–Trinajstić information content (AvgIpc) is 2.51. The Morgan fingerprint density at radius 3 is 2.53 bits per heavy atom. The molecule has 0 aliphatic heterocycles. The van der Waals surface area contributed by atoms with Crippen molar-refractivity contribution in [3.63, 3.8) is 0 Å². The lowest BCUT2D eigenvalue weighted by Crippen LogP contribution is -2.07. The molecule has 1 aliphatic rings. The predicted octanol–water partition coefficient (Wildman–Crippen LogP) is 5.36. The van der Waals surface area contributed by atoms with Gasteiger partial charge in [0.05, 0.1) is 4.88 Å². The molecule has 1 aliphatic carbocycles. The second-order valence-corrected chi connectivity index (χ2v) is 7.13. The van der Waals surface area contributed by atoms with Crippen molar-refractivity contribution in [1.82, 2.24) is 0 Å². The molecular weight excluding hydrogens is 296 g/mol. The molecule has 0 aromatic carbocycles. The Hall–Kier alpha value is -0.150. The van der Waals surface area contributed by atoms with Crippen LogP contribution in [0.1, 0.15) is 59.5 Å². The summed E-state index contributed by atoms with van der Waals surface area (Å²) in [5, 5.41) is 0. The molecule has 2 rings (SSSR count). The first-order chi connectivity index (χ1) is 8.16. The minimum atomic E-state index is 0.335. The third kappa shape index (κ3) is 3.65. The summed E-state index contributed by atoms with van der Waals surface area (Å²) in [5.41, 5.74) is 0.